The summed E-state index contributed by atoms with van der Waals surface area (Å²) >= 11 is 0. The van der Waals surface area contributed by atoms with E-state index in [1.165, 1.54) is 0 Å². The predicted octanol–water partition coefficient (Wildman–Crippen LogP) is 0.716. The van der Waals surface area contributed by atoms with Gasteiger partial charge in [0.05, 0.1) is 18.1 Å². The lowest BCUT2D eigenvalue weighted by atomic mass is 10.0. The van der Waals surface area contributed by atoms with Gasteiger partial charge in [0.15, 0.2) is 0 Å². The van der Waals surface area contributed by atoms with E-state index < -0.39 is 32.0 Å². The average molecular weight is 304 g/mol. The molecule has 0 heterocycles. The van der Waals surface area contributed by atoms with E-state index in [1.807, 2.05) is 24.3 Å². The third kappa shape index (κ3) is 3.77. The molecular weight excluding hydrogens is 288 g/mol. The Morgan fingerprint density at radius 2 is 1.79 bits per heavy atom. The van der Waals surface area contributed by atoms with Crippen LogP contribution < -0.4 is 0 Å². The highest BCUT2D eigenvalue weighted by molar-refractivity contribution is 7.90. The van der Waals surface area contributed by atoms with Crippen LogP contribution in [-0.2, 0) is 30.6 Å². The van der Waals surface area contributed by atoms with Gasteiger partial charge < -0.3 is 0 Å². The minimum Gasteiger partial charge on any atom is -0.266 e. The van der Waals surface area contributed by atoms with Crippen LogP contribution in [0.5, 0.6) is 0 Å². The molecule has 1 aromatic rings. The summed E-state index contributed by atoms with van der Waals surface area (Å²) in [5.74, 6) is -0.537. The van der Waals surface area contributed by atoms with Crippen LogP contribution in [0.3, 0.4) is 0 Å². The second-order valence-corrected chi connectivity index (χ2v) is 8.73. The zero-order chi connectivity index (χ0) is 14.3. The first-order valence-electron chi connectivity index (χ1n) is 5.79. The summed E-state index contributed by atoms with van der Waals surface area (Å²) < 4.78 is 50.6. The van der Waals surface area contributed by atoms with Gasteiger partial charge in [0.2, 0.25) is 0 Å². The molecule has 0 saturated heterocycles. The molecule has 106 valence electrons. The number of benzene rings is 1. The fourth-order valence-electron chi connectivity index (χ4n) is 2.49. The lowest BCUT2D eigenvalue weighted by molar-refractivity contribution is 0.200. The average Bonchev–Trinajstić information content (AvgIpc) is 2.52. The zero-order valence-corrected chi connectivity index (χ0v) is 12.4. The smallest absolute Gasteiger partial charge is 0.264 e. The number of hydrogen-bond acceptors (Lipinski definition) is 5. The summed E-state index contributed by atoms with van der Waals surface area (Å²) in [6.07, 6.45) is 1.91. The van der Waals surface area contributed by atoms with Gasteiger partial charge in [-0.05, 0) is 11.1 Å². The van der Waals surface area contributed by atoms with Gasteiger partial charge in [-0.15, -0.1) is 0 Å². The maximum Gasteiger partial charge on any atom is 0.264 e. The molecule has 5 nitrogen and oxygen atoms in total. The summed E-state index contributed by atoms with van der Waals surface area (Å²) in [4.78, 5) is 0. The van der Waals surface area contributed by atoms with E-state index in [2.05, 4.69) is 0 Å². The van der Waals surface area contributed by atoms with Crippen LogP contribution >= 0.6 is 0 Å². The summed E-state index contributed by atoms with van der Waals surface area (Å²) in [6, 6.07) is 7.36. The third-order valence-corrected chi connectivity index (χ3v) is 4.67. The molecule has 0 radical (unpaired) electrons. The molecule has 2 rings (SSSR count). The van der Waals surface area contributed by atoms with E-state index in [-0.39, 0.29) is 5.75 Å². The van der Waals surface area contributed by atoms with E-state index in [9.17, 15) is 16.8 Å². The van der Waals surface area contributed by atoms with Crippen molar-refractivity contribution in [1.29, 1.82) is 0 Å². The van der Waals surface area contributed by atoms with Gasteiger partial charge in [0, 0.05) is 18.6 Å². The summed E-state index contributed by atoms with van der Waals surface area (Å²) in [5.41, 5.74) is 1.81. The SMILES string of the molecule is CS(=O)(=O)C[C@@H]1c2ccccc2C[C@@H]1OS(C)(=O)=O. The standard InChI is InChI=1S/C12H16O5S2/c1-18(13,14)8-11-10-6-4-3-5-9(10)7-12(11)17-19(2,15)16/h3-6,11-12H,7-8H2,1-2H3/t11-,12+/m1/s1. The van der Waals surface area contributed by atoms with Crippen LogP contribution in [0.1, 0.15) is 17.0 Å². The first-order chi connectivity index (χ1) is 8.66. The van der Waals surface area contributed by atoms with Gasteiger partial charge >= 0.3 is 0 Å². The Morgan fingerprint density at radius 1 is 1.16 bits per heavy atom. The molecule has 0 aromatic heterocycles. The Kier molecular flexibility index (Phi) is 3.72. The number of fused-ring (bicyclic) bond motifs is 1. The molecule has 0 fully saturated rings. The summed E-state index contributed by atoms with van der Waals surface area (Å²) in [7, 11) is -6.82. The van der Waals surface area contributed by atoms with Crippen molar-refractivity contribution in [2.75, 3.05) is 18.3 Å². The molecule has 1 aliphatic carbocycles. The van der Waals surface area contributed by atoms with Crippen LogP contribution in [0.15, 0.2) is 24.3 Å². The normalized spacial score (nSPS) is 23.3. The molecular formula is C12H16O5S2. The van der Waals surface area contributed by atoms with Crippen molar-refractivity contribution in [2.24, 2.45) is 0 Å². The Balaban J connectivity index is 2.36. The molecule has 1 aliphatic rings. The minimum atomic E-state index is -3.61. The largest absolute Gasteiger partial charge is 0.266 e. The van der Waals surface area contributed by atoms with Gasteiger partial charge in [0.25, 0.3) is 10.1 Å². The van der Waals surface area contributed by atoms with Gasteiger partial charge in [-0.25, -0.2) is 8.42 Å². The van der Waals surface area contributed by atoms with Gasteiger partial charge in [-0.1, -0.05) is 24.3 Å². The highest BCUT2D eigenvalue weighted by Crippen LogP contribution is 2.36. The van der Waals surface area contributed by atoms with Gasteiger partial charge in [-0.2, -0.15) is 8.42 Å². The Hall–Kier alpha value is -0.920. The highest BCUT2D eigenvalue weighted by Gasteiger charge is 2.37. The maximum atomic E-state index is 11.5. The Bertz CT molecular complexity index is 676. The second kappa shape index (κ2) is 4.88. The zero-order valence-electron chi connectivity index (χ0n) is 10.7. The van der Waals surface area contributed by atoms with Gasteiger partial charge in [-0.3, -0.25) is 4.18 Å². The van der Waals surface area contributed by atoms with Crippen LogP contribution in [0.25, 0.3) is 0 Å². The van der Waals surface area contributed by atoms with Crippen molar-refractivity contribution in [3.8, 4) is 0 Å². The highest BCUT2D eigenvalue weighted by atomic mass is 32.2. The van der Waals surface area contributed by atoms with Crippen molar-refractivity contribution < 1.29 is 21.0 Å². The lowest BCUT2D eigenvalue weighted by Crippen LogP contribution is -2.27. The number of rotatable bonds is 4. The second-order valence-electron chi connectivity index (χ2n) is 4.94. The first kappa shape index (κ1) is 14.5. The minimum absolute atomic E-state index is 0.107. The van der Waals surface area contributed by atoms with Crippen molar-refractivity contribution in [1.82, 2.24) is 0 Å². The fourth-order valence-corrected chi connectivity index (χ4v) is 4.19. The van der Waals surface area contributed by atoms with Crippen molar-refractivity contribution in [2.45, 2.75) is 18.4 Å². The maximum absolute atomic E-state index is 11.5. The molecule has 0 bridgehead atoms. The third-order valence-electron chi connectivity index (χ3n) is 3.11. The molecule has 0 spiro atoms. The van der Waals surface area contributed by atoms with Crippen molar-refractivity contribution in [3.05, 3.63) is 35.4 Å². The van der Waals surface area contributed by atoms with Crippen LogP contribution in [-0.4, -0.2) is 41.2 Å². The lowest BCUT2D eigenvalue weighted by Gasteiger charge is -2.18. The fraction of sp³-hybridized carbons (Fsp3) is 0.500. The van der Waals surface area contributed by atoms with E-state index in [0.717, 1.165) is 23.6 Å². The first-order valence-corrected chi connectivity index (χ1v) is 9.67. The molecule has 1 aromatic carbocycles. The predicted molar refractivity (Wildman–Crippen MR) is 72.3 cm³/mol. The van der Waals surface area contributed by atoms with E-state index in [4.69, 9.17) is 4.18 Å². The topological polar surface area (TPSA) is 77.5 Å². The molecule has 2 atom stereocenters. The van der Waals surface area contributed by atoms with E-state index in [1.54, 1.807) is 0 Å². The quantitative estimate of drug-likeness (QED) is 0.766. The monoisotopic (exact) mass is 304 g/mol. The molecule has 0 N–H and O–H groups in total. The van der Waals surface area contributed by atoms with Crippen LogP contribution in [0.2, 0.25) is 0 Å². The molecule has 0 amide bonds. The van der Waals surface area contributed by atoms with Crippen LogP contribution in [0.4, 0.5) is 0 Å². The van der Waals surface area contributed by atoms with E-state index in [0.29, 0.717) is 6.42 Å². The van der Waals surface area contributed by atoms with Crippen molar-refractivity contribution in [3.63, 3.8) is 0 Å². The Morgan fingerprint density at radius 3 is 2.37 bits per heavy atom. The van der Waals surface area contributed by atoms with Crippen LogP contribution in [0, 0.1) is 0 Å². The number of sulfone groups is 1. The molecule has 19 heavy (non-hydrogen) atoms. The molecule has 0 aliphatic heterocycles. The summed E-state index contributed by atoms with van der Waals surface area (Å²) in [5, 5.41) is 0. The number of hydrogen-bond donors (Lipinski definition) is 0. The molecule has 0 unspecified atom stereocenters. The molecule has 0 saturated carbocycles. The Labute approximate surface area is 113 Å². The van der Waals surface area contributed by atoms with Crippen molar-refractivity contribution >= 4 is 20.0 Å². The summed E-state index contributed by atoms with van der Waals surface area (Å²) in [6.45, 7) is 0. The van der Waals surface area contributed by atoms with Gasteiger partial charge in [0.1, 0.15) is 9.84 Å². The molecule has 7 heteroatoms. The van der Waals surface area contributed by atoms with E-state index >= 15 is 0 Å².